The van der Waals surface area contributed by atoms with Gasteiger partial charge < -0.3 is 10.6 Å². The van der Waals surface area contributed by atoms with Gasteiger partial charge in [0.05, 0.1) is 0 Å². The van der Waals surface area contributed by atoms with Gasteiger partial charge in [0.15, 0.2) is 0 Å². The smallest absolute Gasteiger partial charge is 0.123 e. The summed E-state index contributed by atoms with van der Waals surface area (Å²) >= 11 is 0. The molecule has 2 nitrogen and oxygen atoms in total. The van der Waals surface area contributed by atoms with Gasteiger partial charge in [0.1, 0.15) is 5.82 Å². The van der Waals surface area contributed by atoms with Crippen molar-refractivity contribution in [1.82, 2.24) is 10.6 Å². The molecule has 1 fully saturated rings. The average Bonchev–Trinajstić information content (AvgIpc) is 2.40. The van der Waals surface area contributed by atoms with Gasteiger partial charge in [0.2, 0.25) is 0 Å². The van der Waals surface area contributed by atoms with Crippen molar-refractivity contribution in [2.24, 2.45) is 5.92 Å². The van der Waals surface area contributed by atoms with Crippen LogP contribution in [0.5, 0.6) is 0 Å². The third kappa shape index (κ3) is 4.07. The molecule has 0 saturated heterocycles. The minimum Gasteiger partial charge on any atom is -0.317 e. The molecule has 1 saturated carbocycles. The molecule has 100 valence electrons. The van der Waals surface area contributed by atoms with E-state index in [1.807, 2.05) is 13.1 Å². The highest BCUT2D eigenvalue weighted by Gasteiger charge is 2.19. The molecule has 18 heavy (non-hydrogen) atoms. The minimum absolute atomic E-state index is 0.149. The van der Waals surface area contributed by atoms with Crippen molar-refractivity contribution >= 4 is 0 Å². The maximum absolute atomic E-state index is 13.0. The summed E-state index contributed by atoms with van der Waals surface area (Å²) < 4.78 is 13.0. The van der Waals surface area contributed by atoms with Gasteiger partial charge in [-0.3, -0.25) is 0 Å². The Morgan fingerprint density at radius 1 is 1.22 bits per heavy atom. The molecule has 1 aromatic rings. The van der Waals surface area contributed by atoms with Crippen molar-refractivity contribution in [3.8, 4) is 0 Å². The second kappa shape index (κ2) is 6.86. The van der Waals surface area contributed by atoms with Crippen LogP contribution in [0, 0.1) is 11.7 Å². The fraction of sp³-hybridized carbons (Fsp3) is 0.600. The van der Waals surface area contributed by atoms with Gasteiger partial charge in [0, 0.05) is 12.6 Å². The fourth-order valence-electron chi connectivity index (χ4n) is 2.72. The number of halogens is 1. The zero-order chi connectivity index (χ0) is 12.8. The second-order valence-corrected chi connectivity index (χ2v) is 5.27. The molecule has 3 heteroatoms. The molecule has 0 radical (unpaired) electrons. The molecule has 2 rings (SSSR count). The van der Waals surface area contributed by atoms with Crippen LogP contribution in [0.1, 0.15) is 31.2 Å². The molecular weight excluding hydrogens is 227 g/mol. The molecular formula is C15H23FN2. The van der Waals surface area contributed by atoms with Crippen molar-refractivity contribution in [3.63, 3.8) is 0 Å². The normalized spacial score (nSPS) is 24.1. The highest BCUT2D eigenvalue weighted by molar-refractivity contribution is 5.15. The summed E-state index contributed by atoms with van der Waals surface area (Å²) in [7, 11) is 2.05. The standard InChI is InChI=1S/C15H23FN2/c1-17-15-7-5-12(6-8-15)10-18-11-13-3-2-4-14(16)9-13/h2-4,9,12,15,17-18H,5-8,10-11H2,1H3. The molecule has 1 aliphatic rings. The SMILES string of the molecule is CNC1CCC(CNCc2cccc(F)c2)CC1. The summed E-state index contributed by atoms with van der Waals surface area (Å²) in [6.07, 6.45) is 5.15. The summed E-state index contributed by atoms with van der Waals surface area (Å²) in [5, 5.41) is 6.79. The van der Waals surface area contributed by atoms with E-state index in [9.17, 15) is 4.39 Å². The van der Waals surface area contributed by atoms with Gasteiger partial charge in [0.25, 0.3) is 0 Å². The van der Waals surface area contributed by atoms with Crippen LogP contribution in [-0.4, -0.2) is 19.6 Å². The van der Waals surface area contributed by atoms with Crippen LogP contribution in [0.4, 0.5) is 4.39 Å². The van der Waals surface area contributed by atoms with Crippen molar-refractivity contribution < 1.29 is 4.39 Å². The highest BCUT2D eigenvalue weighted by atomic mass is 19.1. The molecule has 0 heterocycles. The lowest BCUT2D eigenvalue weighted by atomic mass is 9.86. The van der Waals surface area contributed by atoms with Crippen LogP contribution in [0.3, 0.4) is 0 Å². The fourth-order valence-corrected chi connectivity index (χ4v) is 2.72. The molecule has 1 aliphatic carbocycles. The Morgan fingerprint density at radius 2 is 2.00 bits per heavy atom. The zero-order valence-corrected chi connectivity index (χ0v) is 11.1. The molecule has 0 amide bonds. The van der Waals surface area contributed by atoms with Crippen LogP contribution < -0.4 is 10.6 Å². The van der Waals surface area contributed by atoms with E-state index in [0.717, 1.165) is 24.6 Å². The largest absolute Gasteiger partial charge is 0.317 e. The maximum atomic E-state index is 13.0. The number of hydrogen-bond acceptors (Lipinski definition) is 2. The van der Waals surface area contributed by atoms with Crippen LogP contribution >= 0.6 is 0 Å². The Labute approximate surface area is 109 Å². The predicted molar refractivity (Wildman–Crippen MR) is 72.9 cm³/mol. The average molecular weight is 250 g/mol. The Hall–Kier alpha value is -0.930. The van der Waals surface area contributed by atoms with E-state index in [2.05, 4.69) is 10.6 Å². The monoisotopic (exact) mass is 250 g/mol. The molecule has 0 unspecified atom stereocenters. The first-order valence-electron chi connectivity index (χ1n) is 6.90. The maximum Gasteiger partial charge on any atom is 0.123 e. The Balaban J connectivity index is 1.67. The van der Waals surface area contributed by atoms with Crippen molar-refractivity contribution in [2.45, 2.75) is 38.3 Å². The van der Waals surface area contributed by atoms with Gasteiger partial charge in [-0.1, -0.05) is 12.1 Å². The van der Waals surface area contributed by atoms with E-state index in [1.165, 1.54) is 31.7 Å². The Kier molecular flexibility index (Phi) is 5.14. The van der Waals surface area contributed by atoms with Gasteiger partial charge in [-0.25, -0.2) is 4.39 Å². The Morgan fingerprint density at radius 3 is 2.67 bits per heavy atom. The van der Waals surface area contributed by atoms with Gasteiger partial charge >= 0.3 is 0 Å². The van der Waals surface area contributed by atoms with Crippen LogP contribution in [0.25, 0.3) is 0 Å². The van der Waals surface area contributed by atoms with E-state index >= 15 is 0 Å². The van der Waals surface area contributed by atoms with Crippen LogP contribution in [0.15, 0.2) is 24.3 Å². The molecule has 0 aliphatic heterocycles. The van der Waals surface area contributed by atoms with Gasteiger partial charge in [-0.15, -0.1) is 0 Å². The third-order valence-corrected chi connectivity index (χ3v) is 3.91. The lowest BCUT2D eigenvalue weighted by Crippen LogP contribution is -2.33. The predicted octanol–water partition coefficient (Wildman–Crippen LogP) is 2.69. The lowest BCUT2D eigenvalue weighted by Gasteiger charge is -2.28. The van der Waals surface area contributed by atoms with E-state index in [-0.39, 0.29) is 5.82 Å². The van der Waals surface area contributed by atoms with E-state index in [0.29, 0.717) is 6.04 Å². The summed E-state index contributed by atoms with van der Waals surface area (Å²) in [6, 6.07) is 7.54. The van der Waals surface area contributed by atoms with Gasteiger partial charge in [-0.2, -0.15) is 0 Å². The van der Waals surface area contributed by atoms with Gasteiger partial charge in [-0.05, 0) is 62.9 Å². The summed E-state index contributed by atoms with van der Waals surface area (Å²) in [5.74, 6) is 0.631. The van der Waals surface area contributed by atoms with Crippen LogP contribution in [-0.2, 0) is 6.54 Å². The number of nitrogens with one attached hydrogen (secondary N) is 2. The summed E-state index contributed by atoms with van der Waals surface area (Å²) in [4.78, 5) is 0. The minimum atomic E-state index is -0.149. The summed E-state index contributed by atoms with van der Waals surface area (Å²) in [5.41, 5.74) is 1.03. The Bertz CT molecular complexity index is 359. The van der Waals surface area contributed by atoms with E-state index in [1.54, 1.807) is 12.1 Å². The van der Waals surface area contributed by atoms with Crippen molar-refractivity contribution in [1.29, 1.82) is 0 Å². The van der Waals surface area contributed by atoms with Crippen molar-refractivity contribution in [2.75, 3.05) is 13.6 Å². The topological polar surface area (TPSA) is 24.1 Å². The third-order valence-electron chi connectivity index (χ3n) is 3.91. The highest BCUT2D eigenvalue weighted by Crippen LogP contribution is 2.23. The molecule has 0 aromatic heterocycles. The van der Waals surface area contributed by atoms with E-state index in [4.69, 9.17) is 0 Å². The molecule has 0 spiro atoms. The molecule has 0 bridgehead atoms. The molecule has 2 N–H and O–H groups in total. The molecule has 0 atom stereocenters. The number of rotatable bonds is 5. The lowest BCUT2D eigenvalue weighted by molar-refractivity contribution is 0.292. The second-order valence-electron chi connectivity index (χ2n) is 5.27. The first kappa shape index (κ1) is 13.5. The summed E-state index contributed by atoms with van der Waals surface area (Å²) in [6.45, 7) is 1.82. The first-order chi connectivity index (χ1) is 8.78. The number of hydrogen-bond donors (Lipinski definition) is 2. The van der Waals surface area contributed by atoms with Crippen LogP contribution in [0.2, 0.25) is 0 Å². The number of benzene rings is 1. The molecule has 1 aromatic carbocycles. The van der Waals surface area contributed by atoms with E-state index < -0.39 is 0 Å². The zero-order valence-electron chi connectivity index (χ0n) is 11.1. The quantitative estimate of drug-likeness (QED) is 0.839. The first-order valence-corrected chi connectivity index (χ1v) is 6.90. The van der Waals surface area contributed by atoms with Crippen molar-refractivity contribution in [3.05, 3.63) is 35.6 Å².